The van der Waals surface area contributed by atoms with Gasteiger partial charge in [-0.15, -0.1) is 0 Å². The van der Waals surface area contributed by atoms with E-state index in [1.807, 2.05) is 4.90 Å². The van der Waals surface area contributed by atoms with Crippen molar-refractivity contribution in [3.8, 4) is 0 Å². The van der Waals surface area contributed by atoms with Crippen molar-refractivity contribution in [2.24, 2.45) is 5.92 Å². The molecule has 25 heavy (non-hydrogen) atoms. The fraction of sp³-hybridized carbons (Fsp3) is 0.529. The predicted molar refractivity (Wildman–Crippen MR) is 96.4 cm³/mol. The molecule has 0 spiro atoms. The number of hydrogen-bond donors (Lipinski definition) is 1. The summed E-state index contributed by atoms with van der Waals surface area (Å²) in [6, 6.07) is 5.87. The Balaban J connectivity index is 1.67. The minimum atomic E-state index is -0.563. The molecule has 2 fully saturated rings. The molecule has 1 aromatic carbocycles. The van der Waals surface area contributed by atoms with E-state index in [1.165, 1.54) is 31.0 Å². The first-order chi connectivity index (χ1) is 12.0. The van der Waals surface area contributed by atoms with E-state index in [2.05, 4.69) is 5.32 Å². The first-order valence-electron chi connectivity index (χ1n) is 8.50. The van der Waals surface area contributed by atoms with E-state index in [4.69, 9.17) is 17.0 Å². The first kappa shape index (κ1) is 17.8. The number of rotatable bonds is 6. The van der Waals surface area contributed by atoms with E-state index in [9.17, 15) is 14.9 Å². The minimum Gasteiger partial charge on any atom is -0.376 e. The summed E-state index contributed by atoms with van der Waals surface area (Å²) in [4.78, 5) is 25.0. The summed E-state index contributed by atoms with van der Waals surface area (Å²) in [5.74, 6) is 0.0488. The van der Waals surface area contributed by atoms with Crippen molar-refractivity contribution in [2.45, 2.75) is 31.8 Å². The monoisotopic (exact) mass is 363 g/mol. The lowest BCUT2D eigenvalue weighted by atomic mass is 10.1. The summed E-state index contributed by atoms with van der Waals surface area (Å²) in [6.45, 7) is 2.19. The van der Waals surface area contributed by atoms with Crippen molar-refractivity contribution in [2.75, 3.05) is 19.7 Å². The van der Waals surface area contributed by atoms with Gasteiger partial charge in [0.25, 0.3) is 11.6 Å². The van der Waals surface area contributed by atoms with Gasteiger partial charge >= 0.3 is 0 Å². The van der Waals surface area contributed by atoms with E-state index in [0.29, 0.717) is 17.6 Å². The Bertz CT molecular complexity index is 672. The van der Waals surface area contributed by atoms with Crippen LogP contribution >= 0.6 is 12.2 Å². The van der Waals surface area contributed by atoms with Crippen molar-refractivity contribution in [1.29, 1.82) is 0 Å². The van der Waals surface area contributed by atoms with Gasteiger partial charge in [-0.05, 0) is 49.9 Å². The van der Waals surface area contributed by atoms with Crippen molar-refractivity contribution >= 4 is 28.9 Å². The maximum Gasteiger partial charge on any atom is 0.282 e. The number of benzene rings is 1. The molecular weight excluding hydrogens is 342 g/mol. The first-order valence-corrected chi connectivity index (χ1v) is 8.90. The molecule has 0 bridgehead atoms. The molecule has 1 saturated carbocycles. The van der Waals surface area contributed by atoms with Crippen LogP contribution in [-0.4, -0.2) is 46.6 Å². The van der Waals surface area contributed by atoms with E-state index in [-0.39, 0.29) is 17.4 Å². The average Bonchev–Trinajstić information content (AvgIpc) is 3.26. The van der Waals surface area contributed by atoms with E-state index in [0.717, 1.165) is 26.0 Å². The van der Waals surface area contributed by atoms with Crippen molar-refractivity contribution in [3.05, 3.63) is 39.9 Å². The second-order valence-electron chi connectivity index (χ2n) is 6.52. The zero-order valence-corrected chi connectivity index (χ0v) is 14.7. The van der Waals surface area contributed by atoms with Crippen LogP contribution in [0.1, 0.15) is 36.0 Å². The van der Waals surface area contributed by atoms with Crippen LogP contribution in [0.3, 0.4) is 0 Å². The normalized spacial score (nSPS) is 19.4. The molecule has 7 nitrogen and oxygen atoms in total. The summed E-state index contributed by atoms with van der Waals surface area (Å²) < 4.78 is 5.67. The molecule has 1 saturated heterocycles. The molecular formula is C17H21N3O4S. The highest BCUT2D eigenvalue weighted by atomic mass is 32.1. The Morgan fingerprint density at radius 3 is 2.72 bits per heavy atom. The maximum atomic E-state index is 12.5. The van der Waals surface area contributed by atoms with Crippen LogP contribution in [-0.2, 0) is 4.74 Å². The molecule has 1 aliphatic heterocycles. The van der Waals surface area contributed by atoms with Crippen LogP contribution in [0.2, 0.25) is 0 Å². The molecule has 134 valence electrons. The number of para-hydroxylation sites is 1. The lowest BCUT2D eigenvalue weighted by Crippen LogP contribution is -2.46. The molecule has 1 aliphatic carbocycles. The van der Waals surface area contributed by atoms with Crippen LogP contribution in [0.25, 0.3) is 0 Å². The largest absolute Gasteiger partial charge is 0.376 e. The Morgan fingerprint density at radius 2 is 2.08 bits per heavy atom. The van der Waals surface area contributed by atoms with Gasteiger partial charge in [0, 0.05) is 25.8 Å². The van der Waals surface area contributed by atoms with Crippen LogP contribution in [0.5, 0.6) is 0 Å². The number of carbonyl (C=O) groups excluding carboxylic acids is 1. The zero-order chi connectivity index (χ0) is 17.8. The van der Waals surface area contributed by atoms with E-state index in [1.54, 1.807) is 6.07 Å². The quantitative estimate of drug-likeness (QED) is 0.475. The second-order valence-corrected chi connectivity index (χ2v) is 6.90. The Kier molecular flexibility index (Phi) is 5.60. The molecule has 8 heteroatoms. The molecule has 1 heterocycles. The summed E-state index contributed by atoms with van der Waals surface area (Å²) in [5.41, 5.74) is -0.214. The van der Waals surface area contributed by atoms with Gasteiger partial charge in [0.1, 0.15) is 5.56 Å². The van der Waals surface area contributed by atoms with Crippen molar-refractivity contribution < 1.29 is 14.5 Å². The maximum absolute atomic E-state index is 12.5. The highest BCUT2D eigenvalue weighted by Gasteiger charge is 2.29. The molecule has 0 radical (unpaired) electrons. The van der Waals surface area contributed by atoms with Crippen LogP contribution in [0, 0.1) is 16.0 Å². The van der Waals surface area contributed by atoms with Crippen molar-refractivity contribution in [3.63, 3.8) is 0 Å². The van der Waals surface area contributed by atoms with E-state index < -0.39 is 10.8 Å². The van der Waals surface area contributed by atoms with Gasteiger partial charge in [-0.25, -0.2) is 0 Å². The number of ether oxygens (including phenoxy) is 1. The van der Waals surface area contributed by atoms with Crippen LogP contribution < -0.4 is 5.32 Å². The third-order valence-corrected chi connectivity index (χ3v) is 4.84. The third-order valence-electron chi connectivity index (χ3n) is 4.48. The molecule has 1 amide bonds. The number of thiocarbonyl (C=S) groups is 1. The van der Waals surface area contributed by atoms with Crippen LogP contribution in [0.4, 0.5) is 5.69 Å². The van der Waals surface area contributed by atoms with Gasteiger partial charge in [-0.3, -0.25) is 20.2 Å². The topological polar surface area (TPSA) is 84.7 Å². The smallest absolute Gasteiger partial charge is 0.282 e. The highest BCUT2D eigenvalue weighted by molar-refractivity contribution is 7.80. The molecule has 1 aromatic rings. The summed E-state index contributed by atoms with van der Waals surface area (Å²) in [5, 5.41) is 14.1. The van der Waals surface area contributed by atoms with Gasteiger partial charge in [0.15, 0.2) is 5.11 Å². The second kappa shape index (κ2) is 7.88. The molecule has 1 N–H and O–H groups in total. The zero-order valence-electron chi connectivity index (χ0n) is 13.8. The van der Waals surface area contributed by atoms with E-state index >= 15 is 0 Å². The summed E-state index contributed by atoms with van der Waals surface area (Å²) in [7, 11) is 0. The highest BCUT2D eigenvalue weighted by Crippen LogP contribution is 2.30. The number of amides is 1. The number of hydrogen-bond acceptors (Lipinski definition) is 5. The molecule has 0 aromatic heterocycles. The SMILES string of the molecule is O=C(NC(=S)N(CC1CC1)CC1CCCO1)c1ccccc1[N+](=O)[O-]. The number of nitro groups is 1. The van der Waals surface area contributed by atoms with Gasteiger partial charge in [-0.1, -0.05) is 12.1 Å². The lowest BCUT2D eigenvalue weighted by molar-refractivity contribution is -0.385. The number of nitrogens with one attached hydrogen (secondary N) is 1. The summed E-state index contributed by atoms with van der Waals surface area (Å²) >= 11 is 5.41. The standard InChI is InChI=1S/C17H21N3O4S/c21-16(14-5-1-2-6-15(14)20(22)23)18-17(25)19(10-12-7-8-12)11-13-4-3-9-24-13/h1-2,5-6,12-13H,3-4,7-11H2,(H,18,21,25). The fourth-order valence-electron chi connectivity index (χ4n) is 2.95. The summed E-state index contributed by atoms with van der Waals surface area (Å²) in [6.07, 6.45) is 4.49. The van der Waals surface area contributed by atoms with Crippen LogP contribution in [0.15, 0.2) is 24.3 Å². The predicted octanol–water partition coefficient (Wildman–Crippen LogP) is 2.50. The molecule has 1 atom stereocenters. The minimum absolute atomic E-state index is 0.0124. The van der Waals surface area contributed by atoms with Gasteiger partial charge < -0.3 is 9.64 Å². The average molecular weight is 363 g/mol. The number of nitrogens with zero attached hydrogens (tertiary/aromatic N) is 2. The van der Waals surface area contributed by atoms with Gasteiger partial charge in [0.05, 0.1) is 11.0 Å². The fourth-order valence-corrected chi connectivity index (χ4v) is 3.20. The van der Waals surface area contributed by atoms with Crippen molar-refractivity contribution in [1.82, 2.24) is 10.2 Å². The Morgan fingerprint density at radius 1 is 1.32 bits per heavy atom. The molecule has 2 aliphatic rings. The Hall–Kier alpha value is -2.06. The molecule has 3 rings (SSSR count). The van der Waals surface area contributed by atoms with Gasteiger partial charge in [-0.2, -0.15) is 0 Å². The van der Waals surface area contributed by atoms with Gasteiger partial charge in [0.2, 0.25) is 0 Å². The molecule has 1 unspecified atom stereocenters. The number of nitro benzene ring substituents is 1. The lowest BCUT2D eigenvalue weighted by Gasteiger charge is -2.27. The number of carbonyl (C=O) groups is 1. The third kappa shape index (κ3) is 4.73. The Labute approximate surface area is 151 Å².